The summed E-state index contributed by atoms with van der Waals surface area (Å²) in [5.41, 5.74) is 1.43. The van der Waals surface area contributed by atoms with Crippen LogP contribution in [-0.4, -0.2) is 79.4 Å². The Bertz CT molecular complexity index is 964. The van der Waals surface area contributed by atoms with Crippen molar-refractivity contribution in [2.45, 2.75) is 19.4 Å². The zero-order valence-electron chi connectivity index (χ0n) is 16.4. The molecule has 1 atom stereocenters. The third kappa shape index (κ3) is 4.62. The molecule has 2 aromatic rings. The maximum absolute atomic E-state index is 12.9. The summed E-state index contributed by atoms with van der Waals surface area (Å²) in [4.78, 5) is 21.4. The highest BCUT2D eigenvalue weighted by atomic mass is 32.2. The summed E-state index contributed by atoms with van der Waals surface area (Å²) in [6.07, 6.45) is 0.702. The largest absolute Gasteiger partial charge is 0.494 e. The van der Waals surface area contributed by atoms with Crippen molar-refractivity contribution in [1.82, 2.24) is 14.8 Å². The predicted molar refractivity (Wildman–Crippen MR) is 113 cm³/mol. The topological polar surface area (TPSA) is 79.8 Å². The normalized spacial score (nSPS) is 22.0. The molecule has 9 heteroatoms. The number of ether oxygens (including phenoxy) is 1. The molecule has 2 aliphatic heterocycles. The maximum atomic E-state index is 12.9. The number of nitrogens with zero attached hydrogens (tertiary/aromatic N) is 3. The molecule has 3 heterocycles. The van der Waals surface area contributed by atoms with Gasteiger partial charge in [-0.15, -0.1) is 11.3 Å². The average Bonchev–Trinajstić information content (AvgIpc) is 3.35. The highest BCUT2D eigenvalue weighted by Crippen LogP contribution is 2.27. The molecule has 2 saturated heterocycles. The van der Waals surface area contributed by atoms with Gasteiger partial charge in [0.05, 0.1) is 18.1 Å². The molecule has 0 N–H and O–H groups in total. The molecule has 29 heavy (non-hydrogen) atoms. The Morgan fingerprint density at radius 2 is 1.93 bits per heavy atom. The predicted octanol–water partition coefficient (Wildman–Crippen LogP) is 2.15. The van der Waals surface area contributed by atoms with Crippen molar-refractivity contribution in [1.29, 1.82) is 0 Å². The second-order valence-electron chi connectivity index (χ2n) is 7.38. The van der Waals surface area contributed by atoms with Gasteiger partial charge < -0.3 is 9.64 Å². The van der Waals surface area contributed by atoms with Gasteiger partial charge in [-0.2, -0.15) is 0 Å². The maximum Gasteiger partial charge on any atom is 0.273 e. The van der Waals surface area contributed by atoms with E-state index in [1.807, 2.05) is 41.5 Å². The zero-order valence-corrected chi connectivity index (χ0v) is 18.0. The standard InChI is InChI=1S/C20H25N3O4S2/c1-2-27-17-5-3-15(4-6-17)19-21-18(13-28-19)20(24)23-10-8-22(9-11-23)16-7-12-29(25,26)14-16/h3-6,13,16H,2,7-12,14H2,1H3. The van der Waals surface area contributed by atoms with E-state index in [0.29, 0.717) is 44.9 Å². The minimum absolute atomic E-state index is 0.0582. The molecule has 1 amide bonds. The molecule has 1 unspecified atom stereocenters. The summed E-state index contributed by atoms with van der Waals surface area (Å²) in [5.74, 6) is 1.29. The number of carbonyl (C=O) groups is 1. The number of carbonyl (C=O) groups excluding carboxylic acids is 1. The van der Waals surface area contributed by atoms with Crippen molar-refractivity contribution in [3.63, 3.8) is 0 Å². The molecule has 0 aliphatic carbocycles. The van der Waals surface area contributed by atoms with E-state index in [0.717, 1.165) is 16.3 Å². The quantitative estimate of drug-likeness (QED) is 0.716. The van der Waals surface area contributed by atoms with Gasteiger partial charge in [0.2, 0.25) is 0 Å². The molecule has 0 bridgehead atoms. The van der Waals surface area contributed by atoms with E-state index in [2.05, 4.69) is 9.88 Å². The van der Waals surface area contributed by atoms with Crippen LogP contribution in [0.4, 0.5) is 0 Å². The Labute approximate surface area is 175 Å². The Morgan fingerprint density at radius 1 is 1.21 bits per heavy atom. The lowest BCUT2D eigenvalue weighted by Gasteiger charge is -2.37. The Morgan fingerprint density at radius 3 is 2.55 bits per heavy atom. The number of rotatable bonds is 5. The first kappa shape index (κ1) is 20.3. The van der Waals surface area contributed by atoms with E-state index >= 15 is 0 Å². The Balaban J connectivity index is 1.36. The minimum atomic E-state index is -2.89. The Hall–Kier alpha value is -1.97. The molecule has 4 rings (SSSR count). The summed E-state index contributed by atoms with van der Waals surface area (Å²) in [5, 5.41) is 2.62. The smallest absolute Gasteiger partial charge is 0.273 e. The van der Waals surface area contributed by atoms with Gasteiger partial charge in [0, 0.05) is 43.2 Å². The fraction of sp³-hybridized carbons (Fsp3) is 0.500. The number of benzene rings is 1. The molecule has 2 fully saturated rings. The summed E-state index contributed by atoms with van der Waals surface area (Å²) in [7, 11) is -2.89. The van der Waals surface area contributed by atoms with Gasteiger partial charge in [0.25, 0.3) is 5.91 Å². The molecule has 156 valence electrons. The van der Waals surface area contributed by atoms with Crippen molar-refractivity contribution in [2.75, 3.05) is 44.3 Å². The molecule has 0 saturated carbocycles. The molecule has 7 nitrogen and oxygen atoms in total. The second-order valence-corrected chi connectivity index (χ2v) is 10.5. The first-order valence-electron chi connectivity index (χ1n) is 9.88. The number of sulfone groups is 1. The fourth-order valence-corrected chi connectivity index (χ4v) is 6.44. The monoisotopic (exact) mass is 435 g/mol. The summed E-state index contributed by atoms with van der Waals surface area (Å²) >= 11 is 1.46. The van der Waals surface area contributed by atoms with Gasteiger partial charge in [-0.1, -0.05) is 0 Å². The molecular weight excluding hydrogens is 410 g/mol. The second kappa shape index (κ2) is 8.41. The molecule has 1 aromatic carbocycles. The van der Waals surface area contributed by atoms with Crippen LogP contribution >= 0.6 is 11.3 Å². The third-order valence-corrected chi connectivity index (χ3v) is 8.10. The summed E-state index contributed by atoms with van der Waals surface area (Å²) < 4.78 is 28.9. The van der Waals surface area contributed by atoms with Crippen molar-refractivity contribution < 1.29 is 17.9 Å². The van der Waals surface area contributed by atoms with Gasteiger partial charge in [-0.05, 0) is 37.6 Å². The molecule has 2 aliphatic rings. The number of thiazole rings is 1. The number of amides is 1. The number of piperazine rings is 1. The van der Waals surface area contributed by atoms with Gasteiger partial charge in [-0.25, -0.2) is 13.4 Å². The van der Waals surface area contributed by atoms with Crippen LogP contribution in [0.5, 0.6) is 5.75 Å². The minimum Gasteiger partial charge on any atom is -0.494 e. The first-order chi connectivity index (χ1) is 13.9. The van der Waals surface area contributed by atoms with Gasteiger partial charge in [-0.3, -0.25) is 9.69 Å². The van der Waals surface area contributed by atoms with Crippen molar-refractivity contribution in [2.24, 2.45) is 0 Å². The highest BCUT2D eigenvalue weighted by Gasteiger charge is 2.34. The van der Waals surface area contributed by atoms with Gasteiger partial charge in [0.15, 0.2) is 9.84 Å². The summed E-state index contributed by atoms with van der Waals surface area (Å²) in [6.45, 7) is 5.20. The highest BCUT2D eigenvalue weighted by molar-refractivity contribution is 7.91. The molecular formula is C20H25N3O4S2. The van der Waals surface area contributed by atoms with Crippen LogP contribution in [0, 0.1) is 0 Å². The van der Waals surface area contributed by atoms with Gasteiger partial charge >= 0.3 is 0 Å². The fourth-order valence-electron chi connectivity index (χ4n) is 3.88. The first-order valence-corrected chi connectivity index (χ1v) is 12.6. The summed E-state index contributed by atoms with van der Waals surface area (Å²) in [6, 6.07) is 7.82. The van der Waals surface area contributed by atoms with Crippen molar-refractivity contribution in [3.05, 3.63) is 35.3 Å². The number of aromatic nitrogens is 1. The van der Waals surface area contributed by atoms with Gasteiger partial charge in [0.1, 0.15) is 16.5 Å². The van der Waals surface area contributed by atoms with E-state index < -0.39 is 9.84 Å². The lowest BCUT2D eigenvalue weighted by atomic mass is 10.2. The van der Waals surface area contributed by atoms with Crippen LogP contribution < -0.4 is 4.74 Å². The zero-order chi connectivity index (χ0) is 20.4. The SMILES string of the molecule is CCOc1ccc(-c2nc(C(=O)N3CCN(C4CCS(=O)(=O)C4)CC3)cs2)cc1. The van der Waals surface area contributed by atoms with Crippen LogP contribution in [0.3, 0.4) is 0 Å². The lowest BCUT2D eigenvalue weighted by Crippen LogP contribution is -2.52. The molecule has 0 radical (unpaired) electrons. The molecule has 1 aromatic heterocycles. The van der Waals surface area contributed by atoms with E-state index in [1.165, 1.54) is 11.3 Å². The number of hydrogen-bond donors (Lipinski definition) is 0. The van der Waals surface area contributed by atoms with Crippen LogP contribution in [0.2, 0.25) is 0 Å². The van der Waals surface area contributed by atoms with E-state index in [-0.39, 0.29) is 23.5 Å². The lowest BCUT2D eigenvalue weighted by molar-refractivity contribution is 0.0583. The van der Waals surface area contributed by atoms with E-state index in [4.69, 9.17) is 4.74 Å². The molecule has 0 spiro atoms. The van der Waals surface area contributed by atoms with E-state index in [1.54, 1.807) is 0 Å². The van der Waals surface area contributed by atoms with Crippen LogP contribution in [0.25, 0.3) is 10.6 Å². The van der Waals surface area contributed by atoms with Crippen LogP contribution in [0.15, 0.2) is 29.6 Å². The number of hydrogen-bond acceptors (Lipinski definition) is 7. The third-order valence-electron chi connectivity index (χ3n) is 5.46. The van der Waals surface area contributed by atoms with Crippen molar-refractivity contribution >= 4 is 27.1 Å². The Kier molecular flexibility index (Phi) is 5.89. The van der Waals surface area contributed by atoms with Crippen LogP contribution in [-0.2, 0) is 9.84 Å². The van der Waals surface area contributed by atoms with E-state index in [9.17, 15) is 13.2 Å². The average molecular weight is 436 g/mol. The van der Waals surface area contributed by atoms with Crippen LogP contribution in [0.1, 0.15) is 23.8 Å². The van der Waals surface area contributed by atoms with Crippen molar-refractivity contribution in [3.8, 4) is 16.3 Å².